The number of amides is 1. The SMILES string of the molecule is CN(C)CC(C)(O)CNC(=O)c1c(F)cccc1F. The first kappa shape index (κ1) is 15.5. The predicted octanol–water partition coefficient (Wildman–Crippen LogP) is 1.01. The molecule has 2 N–H and O–H groups in total. The Labute approximate surface area is 111 Å². The van der Waals surface area contributed by atoms with E-state index in [4.69, 9.17) is 0 Å². The van der Waals surface area contributed by atoms with Crippen molar-refractivity contribution in [3.8, 4) is 0 Å². The number of carbonyl (C=O) groups is 1. The van der Waals surface area contributed by atoms with Gasteiger partial charge < -0.3 is 15.3 Å². The molecule has 1 unspecified atom stereocenters. The number of likely N-dealkylation sites (N-methyl/N-ethyl adjacent to an activating group) is 1. The van der Waals surface area contributed by atoms with Crippen LogP contribution in [0, 0.1) is 11.6 Å². The van der Waals surface area contributed by atoms with Crippen molar-refractivity contribution < 1.29 is 18.7 Å². The van der Waals surface area contributed by atoms with Gasteiger partial charge in [0.05, 0.1) is 5.60 Å². The summed E-state index contributed by atoms with van der Waals surface area (Å²) in [5.74, 6) is -2.73. The summed E-state index contributed by atoms with van der Waals surface area (Å²) in [5, 5.41) is 12.3. The Morgan fingerprint density at radius 1 is 1.37 bits per heavy atom. The largest absolute Gasteiger partial charge is 0.387 e. The first-order chi connectivity index (χ1) is 8.73. The average Bonchev–Trinajstić information content (AvgIpc) is 2.24. The Hall–Kier alpha value is -1.53. The zero-order valence-electron chi connectivity index (χ0n) is 11.2. The molecule has 1 amide bonds. The first-order valence-corrected chi connectivity index (χ1v) is 5.82. The van der Waals surface area contributed by atoms with E-state index < -0.39 is 28.7 Å². The lowest BCUT2D eigenvalue weighted by Gasteiger charge is -2.27. The van der Waals surface area contributed by atoms with Crippen LogP contribution in [0.15, 0.2) is 18.2 Å². The van der Waals surface area contributed by atoms with Crippen molar-refractivity contribution in [1.82, 2.24) is 10.2 Å². The van der Waals surface area contributed by atoms with Crippen molar-refractivity contribution in [3.05, 3.63) is 35.4 Å². The fourth-order valence-corrected chi connectivity index (χ4v) is 1.81. The van der Waals surface area contributed by atoms with Crippen LogP contribution in [0.4, 0.5) is 8.78 Å². The quantitative estimate of drug-likeness (QED) is 0.841. The van der Waals surface area contributed by atoms with Crippen molar-refractivity contribution in [2.24, 2.45) is 0 Å². The standard InChI is InChI=1S/C13H18F2N2O2/c1-13(19,8-17(2)3)7-16-12(18)11-9(14)5-4-6-10(11)15/h4-6,19H,7-8H2,1-3H3,(H,16,18). The summed E-state index contributed by atoms with van der Waals surface area (Å²) < 4.78 is 26.7. The van der Waals surface area contributed by atoms with E-state index in [1.807, 2.05) is 0 Å². The molecule has 0 radical (unpaired) electrons. The minimum Gasteiger partial charge on any atom is -0.387 e. The van der Waals surface area contributed by atoms with Crippen molar-refractivity contribution in [2.45, 2.75) is 12.5 Å². The predicted molar refractivity (Wildman–Crippen MR) is 67.9 cm³/mol. The average molecular weight is 272 g/mol. The highest BCUT2D eigenvalue weighted by Gasteiger charge is 2.24. The summed E-state index contributed by atoms with van der Waals surface area (Å²) in [6.45, 7) is 1.75. The van der Waals surface area contributed by atoms with E-state index in [9.17, 15) is 18.7 Å². The third-order valence-corrected chi connectivity index (χ3v) is 2.48. The van der Waals surface area contributed by atoms with E-state index in [1.165, 1.54) is 13.0 Å². The number of hydrogen-bond donors (Lipinski definition) is 2. The first-order valence-electron chi connectivity index (χ1n) is 5.82. The number of benzene rings is 1. The van der Waals surface area contributed by atoms with Crippen LogP contribution in [-0.2, 0) is 0 Å². The van der Waals surface area contributed by atoms with Crippen LogP contribution in [0.25, 0.3) is 0 Å². The highest BCUT2D eigenvalue weighted by Crippen LogP contribution is 2.12. The number of rotatable bonds is 5. The molecule has 1 aromatic rings. The number of halogens is 2. The Kier molecular flexibility index (Phi) is 4.97. The van der Waals surface area contributed by atoms with Gasteiger partial charge in [0, 0.05) is 13.1 Å². The lowest BCUT2D eigenvalue weighted by Crippen LogP contribution is -2.47. The van der Waals surface area contributed by atoms with Gasteiger partial charge in [-0.15, -0.1) is 0 Å². The maximum Gasteiger partial charge on any atom is 0.257 e. The molecule has 0 bridgehead atoms. The normalized spacial score (nSPS) is 14.3. The molecule has 0 aliphatic heterocycles. The summed E-state index contributed by atoms with van der Waals surface area (Å²) in [6.07, 6.45) is 0. The molecule has 0 saturated carbocycles. The van der Waals surface area contributed by atoms with Crippen LogP contribution in [0.5, 0.6) is 0 Å². The van der Waals surface area contributed by atoms with Gasteiger partial charge in [-0.3, -0.25) is 4.79 Å². The molecule has 0 spiro atoms. The highest BCUT2D eigenvalue weighted by molar-refractivity contribution is 5.94. The molecule has 0 aliphatic rings. The lowest BCUT2D eigenvalue weighted by atomic mass is 10.1. The van der Waals surface area contributed by atoms with E-state index in [1.54, 1.807) is 19.0 Å². The van der Waals surface area contributed by atoms with Crippen molar-refractivity contribution in [3.63, 3.8) is 0 Å². The van der Waals surface area contributed by atoms with Gasteiger partial charge in [0.2, 0.25) is 0 Å². The lowest BCUT2D eigenvalue weighted by molar-refractivity contribution is 0.0324. The van der Waals surface area contributed by atoms with Gasteiger partial charge >= 0.3 is 0 Å². The van der Waals surface area contributed by atoms with Gasteiger partial charge in [0.25, 0.3) is 5.91 Å². The molecule has 1 aromatic carbocycles. The number of carbonyl (C=O) groups excluding carboxylic acids is 1. The van der Waals surface area contributed by atoms with Gasteiger partial charge in [-0.2, -0.15) is 0 Å². The molecular formula is C13H18F2N2O2. The summed E-state index contributed by atoms with van der Waals surface area (Å²) in [6, 6.07) is 3.20. The van der Waals surface area contributed by atoms with Crippen LogP contribution in [-0.4, -0.2) is 48.7 Å². The molecule has 0 aromatic heterocycles. The Morgan fingerprint density at radius 3 is 2.37 bits per heavy atom. The molecule has 0 fully saturated rings. The van der Waals surface area contributed by atoms with Crippen LogP contribution in [0.1, 0.15) is 17.3 Å². The highest BCUT2D eigenvalue weighted by atomic mass is 19.1. The van der Waals surface area contributed by atoms with E-state index in [0.29, 0.717) is 6.54 Å². The molecule has 106 valence electrons. The zero-order chi connectivity index (χ0) is 14.6. The molecule has 4 nitrogen and oxygen atoms in total. The van der Waals surface area contributed by atoms with E-state index in [-0.39, 0.29) is 6.54 Å². The molecule has 0 saturated heterocycles. The third-order valence-electron chi connectivity index (χ3n) is 2.48. The molecule has 6 heteroatoms. The van der Waals surface area contributed by atoms with Crippen LogP contribution in [0.2, 0.25) is 0 Å². The Bertz CT molecular complexity index is 442. The molecule has 1 rings (SSSR count). The van der Waals surface area contributed by atoms with Crippen molar-refractivity contribution in [2.75, 3.05) is 27.2 Å². The smallest absolute Gasteiger partial charge is 0.257 e. The third kappa shape index (κ3) is 4.57. The maximum atomic E-state index is 13.4. The number of aliphatic hydroxyl groups is 1. The second kappa shape index (κ2) is 6.08. The number of nitrogens with zero attached hydrogens (tertiary/aromatic N) is 1. The molecule has 0 heterocycles. The van der Waals surface area contributed by atoms with Gasteiger partial charge in [-0.25, -0.2) is 8.78 Å². The van der Waals surface area contributed by atoms with E-state index in [0.717, 1.165) is 12.1 Å². The number of hydrogen-bond acceptors (Lipinski definition) is 3. The molecule has 0 aliphatic carbocycles. The van der Waals surface area contributed by atoms with Gasteiger partial charge in [0.1, 0.15) is 17.2 Å². The van der Waals surface area contributed by atoms with Gasteiger partial charge in [-0.05, 0) is 33.2 Å². The second-order valence-corrected chi connectivity index (χ2v) is 5.01. The fourth-order valence-electron chi connectivity index (χ4n) is 1.81. The van der Waals surface area contributed by atoms with Crippen LogP contribution < -0.4 is 5.32 Å². The summed E-state index contributed by atoms with van der Waals surface area (Å²) in [7, 11) is 3.54. The second-order valence-electron chi connectivity index (χ2n) is 5.01. The summed E-state index contributed by atoms with van der Waals surface area (Å²) in [4.78, 5) is 13.4. The number of nitrogens with one attached hydrogen (secondary N) is 1. The summed E-state index contributed by atoms with van der Waals surface area (Å²) >= 11 is 0. The van der Waals surface area contributed by atoms with Gasteiger partial charge in [0.15, 0.2) is 0 Å². The minimum absolute atomic E-state index is 0.0994. The molecule has 1 atom stereocenters. The summed E-state index contributed by atoms with van der Waals surface area (Å²) in [5.41, 5.74) is -1.82. The van der Waals surface area contributed by atoms with Gasteiger partial charge in [-0.1, -0.05) is 6.07 Å². The minimum atomic E-state index is -1.18. The van der Waals surface area contributed by atoms with Crippen LogP contribution >= 0.6 is 0 Å². The maximum absolute atomic E-state index is 13.4. The van der Waals surface area contributed by atoms with E-state index in [2.05, 4.69) is 5.32 Å². The van der Waals surface area contributed by atoms with Crippen molar-refractivity contribution in [1.29, 1.82) is 0 Å². The topological polar surface area (TPSA) is 52.6 Å². The van der Waals surface area contributed by atoms with Crippen molar-refractivity contribution >= 4 is 5.91 Å². The fraction of sp³-hybridized carbons (Fsp3) is 0.462. The van der Waals surface area contributed by atoms with E-state index >= 15 is 0 Å². The Morgan fingerprint density at radius 2 is 1.89 bits per heavy atom. The zero-order valence-corrected chi connectivity index (χ0v) is 11.2. The Balaban J connectivity index is 2.71. The molecular weight excluding hydrogens is 254 g/mol. The molecule has 19 heavy (non-hydrogen) atoms. The van der Waals surface area contributed by atoms with Crippen LogP contribution in [0.3, 0.4) is 0 Å². The monoisotopic (exact) mass is 272 g/mol.